The van der Waals surface area contributed by atoms with E-state index in [9.17, 15) is 0 Å². The second-order valence-corrected chi connectivity index (χ2v) is 6.78. The molecule has 1 aliphatic carbocycles. The molecule has 4 unspecified atom stereocenters. The molecule has 0 aromatic carbocycles. The Morgan fingerprint density at radius 3 is 2.71 bits per heavy atom. The van der Waals surface area contributed by atoms with Crippen LogP contribution in [0.1, 0.15) is 33.1 Å². The molecular weight excluding hydrogens is 381 g/mol. The van der Waals surface area contributed by atoms with E-state index >= 15 is 0 Å². The van der Waals surface area contributed by atoms with Crippen LogP contribution in [0, 0.1) is 11.3 Å². The average molecular weight is 409 g/mol. The summed E-state index contributed by atoms with van der Waals surface area (Å²) in [6, 6.07) is 0.450. The van der Waals surface area contributed by atoms with Gasteiger partial charge in [-0.25, -0.2) is 0 Å². The van der Waals surface area contributed by atoms with Gasteiger partial charge in [0.2, 0.25) is 0 Å². The number of aliphatic imine (C=N–C) groups is 1. The SMILES string of the molecule is CN=C(NCC1CCCO1)NC1C2CCOC2C1(C)C.I. The molecule has 0 radical (unpaired) electrons. The Labute approximate surface area is 144 Å². The molecule has 21 heavy (non-hydrogen) atoms. The smallest absolute Gasteiger partial charge is 0.191 e. The van der Waals surface area contributed by atoms with Crippen molar-refractivity contribution in [2.24, 2.45) is 16.3 Å². The Morgan fingerprint density at radius 1 is 1.24 bits per heavy atom. The van der Waals surface area contributed by atoms with Gasteiger partial charge in [0.15, 0.2) is 5.96 Å². The van der Waals surface area contributed by atoms with Gasteiger partial charge in [-0.1, -0.05) is 13.8 Å². The van der Waals surface area contributed by atoms with E-state index < -0.39 is 0 Å². The third-order valence-electron chi connectivity index (χ3n) is 5.14. The highest BCUT2D eigenvalue weighted by Crippen LogP contribution is 2.52. The van der Waals surface area contributed by atoms with Crippen molar-refractivity contribution in [2.45, 2.75) is 51.4 Å². The molecule has 2 heterocycles. The maximum Gasteiger partial charge on any atom is 0.191 e. The fourth-order valence-electron chi connectivity index (χ4n) is 3.98. The maximum absolute atomic E-state index is 5.83. The van der Waals surface area contributed by atoms with Crippen molar-refractivity contribution in [2.75, 3.05) is 26.8 Å². The number of rotatable bonds is 3. The van der Waals surface area contributed by atoms with Crippen molar-refractivity contribution in [3.8, 4) is 0 Å². The van der Waals surface area contributed by atoms with Crippen LogP contribution in [-0.4, -0.2) is 51.0 Å². The van der Waals surface area contributed by atoms with E-state index in [2.05, 4.69) is 29.5 Å². The molecule has 2 saturated heterocycles. The molecule has 0 bridgehead atoms. The number of nitrogens with one attached hydrogen (secondary N) is 2. The molecule has 1 saturated carbocycles. The molecule has 4 atom stereocenters. The van der Waals surface area contributed by atoms with E-state index in [0.29, 0.717) is 24.2 Å². The normalized spacial score (nSPS) is 37.4. The molecule has 0 spiro atoms. The molecule has 6 heteroatoms. The Kier molecular flexibility index (Phi) is 5.76. The zero-order valence-corrected chi connectivity index (χ0v) is 15.6. The van der Waals surface area contributed by atoms with E-state index in [1.54, 1.807) is 0 Å². The fourth-order valence-corrected chi connectivity index (χ4v) is 3.98. The molecule has 2 N–H and O–H groups in total. The number of nitrogens with zero attached hydrogens (tertiary/aromatic N) is 1. The molecule has 3 rings (SSSR count). The van der Waals surface area contributed by atoms with Crippen LogP contribution in [0.25, 0.3) is 0 Å². The summed E-state index contributed by atoms with van der Waals surface area (Å²) in [4.78, 5) is 4.35. The van der Waals surface area contributed by atoms with Crippen LogP contribution in [0.15, 0.2) is 4.99 Å². The van der Waals surface area contributed by atoms with Crippen molar-refractivity contribution < 1.29 is 9.47 Å². The molecule has 0 aromatic heterocycles. The van der Waals surface area contributed by atoms with E-state index in [4.69, 9.17) is 9.47 Å². The molecular formula is C15H28IN3O2. The zero-order chi connectivity index (χ0) is 14.2. The van der Waals surface area contributed by atoms with Crippen molar-refractivity contribution in [1.29, 1.82) is 0 Å². The van der Waals surface area contributed by atoms with Crippen LogP contribution in [-0.2, 0) is 9.47 Å². The van der Waals surface area contributed by atoms with Crippen LogP contribution in [0.5, 0.6) is 0 Å². The van der Waals surface area contributed by atoms with Crippen molar-refractivity contribution in [3.63, 3.8) is 0 Å². The van der Waals surface area contributed by atoms with Crippen LogP contribution in [0.4, 0.5) is 0 Å². The third kappa shape index (κ3) is 3.32. The Bertz CT molecular complexity index is 383. The highest BCUT2D eigenvalue weighted by Gasteiger charge is 2.59. The lowest BCUT2D eigenvalue weighted by molar-refractivity contribution is -0.106. The van der Waals surface area contributed by atoms with E-state index in [-0.39, 0.29) is 29.4 Å². The monoisotopic (exact) mass is 409 g/mol. The topological polar surface area (TPSA) is 54.9 Å². The van der Waals surface area contributed by atoms with Gasteiger partial charge in [-0.2, -0.15) is 0 Å². The van der Waals surface area contributed by atoms with Gasteiger partial charge in [-0.3, -0.25) is 4.99 Å². The fraction of sp³-hybridized carbons (Fsp3) is 0.933. The highest BCUT2D eigenvalue weighted by molar-refractivity contribution is 14.0. The lowest BCUT2D eigenvalue weighted by atomic mass is 9.57. The summed E-state index contributed by atoms with van der Waals surface area (Å²) in [5, 5.41) is 6.99. The first-order valence-electron chi connectivity index (χ1n) is 7.83. The quantitative estimate of drug-likeness (QED) is 0.424. The Balaban J connectivity index is 0.00000161. The molecule has 0 amide bonds. The van der Waals surface area contributed by atoms with Crippen LogP contribution in [0.2, 0.25) is 0 Å². The first-order valence-corrected chi connectivity index (χ1v) is 7.83. The Morgan fingerprint density at radius 2 is 2.05 bits per heavy atom. The minimum atomic E-state index is 0. The standard InChI is InChI=1S/C15H27N3O2.HI/c1-15(2)12(11-6-8-20-13(11)15)18-14(16-3)17-9-10-5-4-7-19-10;/h10-13H,4-9H2,1-3H3,(H2,16,17,18);1H. The number of halogens is 1. The molecule has 5 nitrogen and oxygen atoms in total. The lowest BCUT2D eigenvalue weighted by Gasteiger charge is -2.54. The summed E-state index contributed by atoms with van der Waals surface area (Å²) in [5.74, 6) is 1.52. The zero-order valence-electron chi connectivity index (χ0n) is 13.2. The number of fused-ring (bicyclic) bond motifs is 1. The summed E-state index contributed by atoms with van der Waals surface area (Å²) in [7, 11) is 1.83. The second-order valence-electron chi connectivity index (χ2n) is 6.78. The van der Waals surface area contributed by atoms with Crippen molar-refractivity contribution >= 4 is 29.9 Å². The minimum Gasteiger partial charge on any atom is -0.377 e. The summed E-state index contributed by atoms with van der Waals surface area (Å²) < 4.78 is 11.5. The number of guanidine groups is 1. The van der Waals surface area contributed by atoms with Crippen molar-refractivity contribution in [3.05, 3.63) is 0 Å². The molecule has 2 aliphatic heterocycles. The summed E-state index contributed by atoms with van der Waals surface area (Å²) in [6.07, 6.45) is 4.24. The minimum absolute atomic E-state index is 0. The van der Waals surface area contributed by atoms with E-state index in [1.165, 1.54) is 6.42 Å². The lowest BCUT2D eigenvalue weighted by Crippen LogP contribution is -2.68. The third-order valence-corrected chi connectivity index (χ3v) is 5.14. The molecule has 3 aliphatic rings. The van der Waals surface area contributed by atoms with Gasteiger partial charge in [0.05, 0.1) is 12.2 Å². The predicted molar refractivity (Wildman–Crippen MR) is 94.3 cm³/mol. The highest BCUT2D eigenvalue weighted by atomic mass is 127. The summed E-state index contributed by atoms with van der Waals surface area (Å²) in [5.41, 5.74) is 0.183. The summed E-state index contributed by atoms with van der Waals surface area (Å²) in [6.45, 7) is 7.21. The van der Waals surface area contributed by atoms with Gasteiger partial charge >= 0.3 is 0 Å². The van der Waals surface area contributed by atoms with Crippen LogP contribution < -0.4 is 10.6 Å². The number of ether oxygens (including phenoxy) is 2. The van der Waals surface area contributed by atoms with E-state index in [0.717, 1.165) is 38.6 Å². The average Bonchev–Trinajstić information content (AvgIpc) is 3.08. The largest absolute Gasteiger partial charge is 0.377 e. The summed E-state index contributed by atoms with van der Waals surface area (Å²) >= 11 is 0. The van der Waals surface area contributed by atoms with Gasteiger partial charge in [0, 0.05) is 44.2 Å². The predicted octanol–water partition coefficient (Wildman–Crippen LogP) is 1.76. The van der Waals surface area contributed by atoms with Crippen LogP contribution >= 0.6 is 24.0 Å². The molecule has 122 valence electrons. The first-order chi connectivity index (χ1) is 9.63. The van der Waals surface area contributed by atoms with E-state index in [1.807, 2.05) is 7.05 Å². The van der Waals surface area contributed by atoms with Gasteiger partial charge in [0.1, 0.15) is 0 Å². The number of hydrogen-bond acceptors (Lipinski definition) is 3. The van der Waals surface area contributed by atoms with Crippen LogP contribution in [0.3, 0.4) is 0 Å². The Hall–Kier alpha value is -0.0800. The maximum atomic E-state index is 5.83. The van der Waals surface area contributed by atoms with Gasteiger partial charge in [-0.15, -0.1) is 24.0 Å². The van der Waals surface area contributed by atoms with Gasteiger partial charge in [-0.05, 0) is 19.3 Å². The van der Waals surface area contributed by atoms with Gasteiger partial charge < -0.3 is 20.1 Å². The molecule has 3 fully saturated rings. The molecule has 0 aromatic rings. The second kappa shape index (κ2) is 7.00. The van der Waals surface area contributed by atoms with Gasteiger partial charge in [0.25, 0.3) is 0 Å². The first kappa shape index (κ1) is 17.3. The van der Waals surface area contributed by atoms with Crippen molar-refractivity contribution in [1.82, 2.24) is 10.6 Å². The number of hydrogen-bond donors (Lipinski definition) is 2.